The van der Waals surface area contributed by atoms with Gasteiger partial charge in [-0.3, -0.25) is 4.79 Å². The predicted molar refractivity (Wildman–Crippen MR) is 118 cm³/mol. The van der Waals surface area contributed by atoms with Gasteiger partial charge in [0, 0.05) is 19.0 Å². The topological polar surface area (TPSA) is 75.7 Å². The van der Waals surface area contributed by atoms with Crippen LogP contribution in [0.5, 0.6) is 5.75 Å². The Balaban J connectivity index is 1.97. The van der Waals surface area contributed by atoms with Gasteiger partial charge in [-0.15, -0.1) is 0 Å². The molecular formula is C23H30N2O4S. The van der Waals surface area contributed by atoms with Crippen LogP contribution in [0.1, 0.15) is 56.3 Å². The maximum absolute atomic E-state index is 13.4. The number of hydrogen-bond donors (Lipinski definition) is 1. The summed E-state index contributed by atoms with van der Waals surface area (Å²) in [5.41, 5.74) is 1.18. The number of ether oxygens (including phenoxy) is 1. The highest BCUT2D eigenvalue weighted by molar-refractivity contribution is 7.88. The summed E-state index contributed by atoms with van der Waals surface area (Å²) in [5.74, 6) is 0.419. The van der Waals surface area contributed by atoms with Gasteiger partial charge in [-0.25, -0.2) is 8.42 Å². The molecule has 0 radical (unpaired) electrons. The van der Waals surface area contributed by atoms with Crippen LogP contribution in [0.4, 0.5) is 0 Å². The Morgan fingerprint density at radius 1 is 1.13 bits per heavy atom. The molecule has 0 spiro atoms. The first-order chi connectivity index (χ1) is 14.2. The Morgan fingerprint density at radius 2 is 1.73 bits per heavy atom. The van der Waals surface area contributed by atoms with Crippen LogP contribution in [0.2, 0.25) is 0 Å². The van der Waals surface area contributed by atoms with E-state index in [-0.39, 0.29) is 17.6 Å². The largest absolute Gasteiger partial charge is 0.487 e. The third-order valence-electron chi connectivity index (χ3n) is 6.05. The fourth-order valence-corrected chi connectivity index (χ4v) is 4.63. The minimum Gasteiger partial charge on any atom is -0.487 e. The minimum absolute atomic E-state index is 0.262. The summed E-state index contributed by atoms with van der Waals surface area (Å²) in [6.07, 6.45) is 3.37. The molecule has 7 heteroatoms. The monoisotopic (exact) mass is 430 g/mol. The summed E-state index contributed by atoms with van der Waals surface area (Å²) in [5, 5.41) is 3.12. The fourth-order valence-electron chi connectivity index (χ4n) is 4.03. The summed E-state index contributed by atoms with van der Waals surface area (Å²) in [6, 6.07) is 15.5. The first-order valence-electron chi connectivity index (χ1n) is 10.3. The molecule has 30 heavy (non-hydrogen) atoms. The summed E-state index contributed by atoms with van der Waals surface area (Å²) >= 11 is 0. The van der Waals surface area contributed by atoms with Gasteiger partial charge in [0.15, 0.2) is 0 Å². The van der Waals surface area contributed by atoms with E-state index >= 15 is 0 Å². The number of hydrogen-bond acceptors (Lipinski definition) is 4. The quantitative estimate of drug-likeness (QED) is 0.725. The number of amides is 1. The van der Waals surface area contributed by atoms with E-state index in [4.69, 9.17) is 4.74 Å². The molecule has 1 heterocycles. The second kappa shape index (κ2) is 8.78. The third kappa shape index (κ3) is 4.52. The zero-order valence-electron chi connectivity index (χ0n) is 18.0. The molecule has 3 rings (SSSR count). The van der Waals surface area contributed by atoms with Crippen molar-refractivity contribution in [2.45, 2.75) is 50.8 Å². The van der Waals surface area contributed by atoms with Crippen LogP contribution < -0.4 is 10.1 Å². The Morgan fingerprint density at radius 3 is 2.33 bits per heavy atom. The summed E-state index contributed by atoms with van der Waals surface area (Å²) in [4.78, 5) is 13.4. The van der Waals surface area contributed by atoms with Crippen LogP contribution in [0, 0.1) is 0 Å². The van der Waals surface area contributed by atoms with Gasteiger partial charge >= 0.3 is 0 Å². The fraction of sp³-hybridized carbons (Fsp3) is 0.435. The van der Waals surface area contributed by atoms with E-state index in [2.05, 4.69) is 19.2 Å². The van der Waals surface area contributed by atoms with Gasteiger partial charge in [-0.05, 0) is 24.5 Å². The number of nitrogens with zero attached hydrogens (tertiary/aromatic N) is 1. The van der Waals surface area contributed by atoms with Crippen molar-refractivity contribution in [1.29, 1.82) is 0 Å². The van der Waals surface area contributed by atoms with E-state index in [9.17, 15) is 13.2 Å². The van der Waals surface area contributed by atoms with Crippen molar-refractivity contribution in [1.82, 2.24) is 9.62 Å². The molecule has 1 aliphatic heterocycles. The zero-order valence-corrected chi connectivity index (χ0v) is 18.8. The van der Waals surface area contributed by atoms with E-state index in [1.54, 1.807) is 24.3 Å². The maximum atomic E-state index is 13.4. The molecular weight excluding hydrogens is 400 g/mol. The van der Waals surface area contributed by atoms with Gasteiger partial charge in [0.2, 0.25) is 15.9 Å². The molecule has 0 saturated heterocycles. The molecule has 2 aromatic carbocycles. The minimum atomic E-state index is -3.58. The highest BCUT2D eigenvalue weighted by Crippen LogP contribution is 2.43. The van der Waals surface area contributed by atoms with Crippen LogP contribution in [-0.4, -0.2) is 37.5 Å². The van der Waals surface area contributed by atoms with Crippen LogP contribution in [-0.2, 0) is 14.8 Å². The second-order valence-electron chi connectivity index (χ2n) is 7.89. The van der Waals surface area contributed by atoms with Gasteiger partial charge in [0.1, 0.15) is 17.4 Å². The molecule has 2 atom stereocenters. The Hall–Kier alpha value is -2.38. The van der Waals surface area contributed by atoms with Crippen LogP contribution in [0.25, 0.3) is 0 Å². The number of para-hydroxylation sites is 1. The predicted octanol–water partition coefficient (Wildman–Crippen LogP) is 3.82. The number of nitrogens with one attached hydrogen (secondary N) is 1. The van der Waals surface area contributed by atoms with Crippen molar-refractivity contribution in [2.24, 2.45) is 0 Å². The first kappa shape index (κ1) is 22.3. The average Bonchev–Trinajstić information content (AvgIpc) is 2.73. The van der Waals surface area contributed by atoms with Crippen molar-refractivity contribution in [3.63, 3.8) is 0 Å². The lowest BCUT2D eigenvalue weighted by Gasteiger charge is -2.42. The van der Waals surface area contributed by atoms with E-state index in [1.807, 2.05) is 30.3 Å². The number of fused-ring (bicyclic) bond motifs is 1. The number of carbonyl (C=O) groups is 1. The standard InChI is InChI=1S/C23H30N2O4S/c1-5-23(6-2)16-19(18-14-10-11-15-20(18)29-23)24-22(26)21(25(3)30(4,27)28)17-12-8-7-9-13-17/h7-15,19,21H,5-6,16H2,1-4H3,(H,24,26). The molecule has 0 fully saturated rings. The molecule has 6 nitrogen and oxygen atoms in total. The molecule has 0 aromatic heterocycles. The molecule has 1 aliphatic rings. The van der Waals surface area contributed by atoms with Gasteiger partial charge in [-0.2, -0.15) is 4.31 Å². The molecule has 2 aromatic rings. The molecule has 0 aliphatic carbocycles. The van der Waals surface area contributed by atoms with E-state index in [0.717, 1.165) is 34.7 Å². The van der Waals surface area contributed by atoms with Crippen LogP contribution in [0.15, 0.2) is 54.6 Å². The highest BCUT2D eigenvalue weighted by Gasteiger charge is 2.40. The van der Waals surface area contributed by atoms with E-state index < -0.39 is 16.1 Å². The van der Waals surface area contributed by atoms with Crippen LogP contribution in [0.3, 0.4) is 0 Å². The van der Waals surface area contributed by atoms with Crippen molar-refractivity contribution >= 4 is 15.9 Å². The van der Waals surface area contributed by atoms with Gasteiger partial charge in [0.05, 0.1) is 12.3 Å². The third-order valence-corrected chi connectivity index (χ3v) is 7.31. The summed E-state index contributed by atoms with van der Waals surface area (Å²) in [6.45, 7) is 4.17. The lowest BCUT2D eigenvalue weighted by atomic mass is 9.83. The lowest BCUT2D eigenvalue weighted by molar-refractivity contribution is -0.126. The van der Waals surface area contributed by atoms with Crippen LogP contribution >= 0.6 is 0 Å². The number of sulfonamides is 1. The van der Waals surface area contributed by atoms with Gasteiger partial charge in [0.25, 0.3) is 0 Å². The van der Waals surface area contributed by atoms with Gasteiger partial charge in [-0.1, -0.05) is 62.4 Å². The molecule has 2 unspecified atom stereocenters. The Bertz CT molecular complexity index is 987. The first-order valence-corrected chi connectivity index (χ1v) is 12.1. The molecule has 0 bridgehead atoms. The van der Waals surface area contributed by atoms with Crippen molar-refractivity contribution < 1.29 is 17.9 Å². The van der Waals surface area contributed by atoms with E-state index in [1.165, 1.54) is 7.05 Å². The molecule has 162 valence electrons. The Labute approximate surface area is 179 Å². The molecule has 1 amide bonds. The molecule has 0 saturated carbocycles. The van der Waals surface area contributed by atoms with Crippen molar-refractivity contribution in [3.8, 4) is 5.75 Å². The SMILES string of the molecule is CCC1(CC)CC(NC(=O)C(c2ccccc2)N(C)S(C)(=O)=O)c2ccccc2O1. The average molecular weight is 431 g/mol. The summed E-state index contributed by atoms with van der Waals surface area (Å²) in [7, 11) is -2.14. The van der Waals surface area contributed by atoms with E-state index in [0.29, 0.717) is 12.0 Å². The smallest absolute Gasteiger partial charge is 0.243 e. The second-order valence-corrected chi connectivity index (χ2v) is 9.93. The number of rotatable bonds is 7. The maximum Gasteiger partial charge on any atom is 0.243 e. The zero-order chi connectivity index (χ0) is 21.9. The normalized spacial score (nSPS) is 18.9. The number of benzene rings is 2. The Kier molecular flexibility index (Phi) is 6.53. The van der Waals surface area contributed by atoms with Gasteiger partial charge < -0.3 is 10.1 Å². The van der Waals surface area contributed by atoms with Crippen molar-refractivity contribution in [3.05, 3.63) is 65.7 Å². The highest BCUT2D eigenvalue weighted by atomic mass is 32.2. The molecule has 1 N–H and O–H groups in total. The number of carbonyl (C=O) groups excluding carboxylic acids is 1. The number of likely N-dealkylation sites (N-methyl/N-ethyl adjacent to an activating group) is 1. The lowest BCUT2D eigenvalue weighted by Crippen LogP contribution is -2.47. The van der Waals surface area contributed by atoms with Crippen molar-refractivity contribution in [2.75, 3.05) is 13.3 Å². The summed E-state index contributed by atoms with van der Waals surface area (Å²) < 4.78 is 32.0.